The molecule has 0 aromatic rings. The van der Waals surface area contributed by atoms with Gasteiger partial charge in [-0.1, -0.05) is 32.0 Å². The standard InChI is InChI=1S/C6H15O2PS2/c1-3-4-5-6(2)8-9(7,10)11/h6H,3-5H2,1-2H3,(H2,7,10,11). The molecule has 11 heavy (non-hydrogen) atoms. The predicted molar refractivity (Wildman–Crippen MR) is 55.6 cm³/mol. The van der Waals surface area contributed by atoms with Gasteiger partial charge in [0.1, 0.15) is 0 Å². The Balaban J connectivity index is 3.52. The van der Waals surface area contributed by atoms with E-state index in [9.17, 15) is 0 Å². The van der Waals surface area contributed by atoms with Crippen molar-refractivity contribution in [3.05, 3.63) is 0 Å². The summed E-state index contributed by atoms with van der Waals surface area (Å²) >= 11 is 8.40. The summed E-state index contributed by atoms with van der Waals surface area (Å²) in [6.45, 7) is 4.02. The fourth-order valence-electron chi connectivity index (χ4n) is 0.779. The maximum absolute atomic E-state index is 9.06. The van der Waals surface area contributed by atoms with Gasteiger partial charge in [-0.15, -0.1) is 0 Å². The highest BCUT2D eigenvalue weighted by molar-refractivity contribution is 8.59. The lowest BCUT2D eigenvalue weighted by molar-refractivity contribution is 0.214. The molecule has 0 aliphatic rings. The molecule has 0 aliphatic heterocycles. The van der Waals surface area contributed by atoms with E-state index < -0.39 is 5.69 Å². The Bertz CT molecular complexity index is 146. The average molecular weight is 214 g/mol. The molecule has 2 unspecified atom stereocenters. The molecule has 68 valence electrons. The fraction of sp³-hybridized carbons (Fsp3) is 1.00. The molecule has 0 aromatic heterocycles. The fourth-order valence-corrected chi connectivity index (χ4v) is 2.28. The monoisotopic (exact) mass is 214 g/mol. The molecule has 0 saturated heterocycles. The van der Waals surface area contributed by atoms with Crippen LogP contribution in [0.1, 0.15) is 33.1 Å². The zero-order valence-corrected chi connectivity index (χ0v) is 9.46. The summed E-state index contributed by atoms with van der Waals surface area (Å²) in [6.07, 6.45) is 3.21. The summed E-state index contributed by atoms with van der Waals surface area (Å²) in [7, 11) is 0. The Labute approximate surface area is 78.7 Å². The quantitative estimate of drug-likeness (QED) is 0.544. The first kappa shape index (κ1) is 11.9. The first-order valence-electron chi connectivity index (χ1n) is 3.69. The van der Waals surface area contributed by atoms with E-state index in [4.69, 9.17) is 9.42 Å². The molecule has 0 fully saturated rings. The van der Waals surface area contributed by atoms with Crippen molar-refractivity contribution in [2.75, 3.05) is 0 Å². The molecule has 2 nitrogen and oxygen atoms in total. The number of thiol groups is 1. The molecule has 0 bridgehead atoms. The van der Waals surface area contributed by atoms with Crippen LogP contribution in [0.4, 0.5) is 0 Å². The minimum Gasteiger partial charge on any atom is -0.338 e. The zero-order chi connectivity index (χ0) is 8.91. The van der Waals surface area contributed by atoms with Crippen molar-refractivity contribution in [2.24, 2.45) is 0 Å². The van der Waals surface area contributed by atoms with Crippen molar-refractivity contribution in [3.63, 3.8) is 0 Å². The first-order chi connectivity index (χ1) is 4.95. The predicted octanol–water partition coefficient (Wildman–Crippen LogP) is 2.73. The molecule has 0 radical (unpaired) electrons. The van der Waals surface area contributed by atoms with Crippen LogP contribution in [0.3, 0.4) is 0 Å². The second kappa shape index (κ2) is 5.55. The molecule has 0 saturated carbocycles. The van der Waals surface area contributed by atoms with E-state index in [1.165, 1.54) is 0 Å². The highest BCUT2D eigenvalue weighted by Crippen LogP contribution is 2.48. The van der Waals surface area contributed by atoms with Crippen LogP contribution in [0, 0.1) is 0 Å². The van der Waals surface area contributed by atoms with Gasteiger partial charge in [0.15, 0.2) is 0 Å². The van der Waals surface area contributed by atoms with Crippen molar-refractivity contribution in [3.8, 4) is 0 Å². The highest BCUT2D eigenvalue weighted by Gasteiger charge is 2.11. The topological polar surface area (TPSA) is 29.5 Å². The number of hydrogen-bond acceptors (Lipinski definition) is 2. The summed E-state index contributed by atoms with van der Waals surface area (Å²) < 4.78 is 5.09. The Morgan fingerprint density at radius 1 is 1.73 bits per heavy atom. The van der Waals surface area contributed by atoms with Crippen LogP contribution in [0.2, 0.25) is 0 Å². The molecule has 5 heteroatoms. The largest absolute Gasteiger partial charge is 0.338 e. The Hall–Kier alpha value is 0.920. The van der Waals surface area contributed by atoms with Crippen LogP contribution in [-0.4, -0.2) is 11.0 Å². The van der Waals surface area contributed by atoms with Gasteiger partial charge in [0.25, 0.3) is 0 Å². The second-order valence-corrected chi connectivity index (χ2v) is 7.66. The van der Waals surface area contributed by atoms with E-state index in [2.05, 4.69) is 31.0 Å². The van der Waals surface area contributed by atoms with Gasteiger partial charge < -0.3 is 9.42 Å². The summed E-state index contributed by atoms with van der Waals surface area (Å²) in [5, 5.41) is 0. The number of hydrogen-bond donors (Lipinski definition) is 2. The van der Waals surface area contributed by atoms with Crippen LogP contribution in [-0.2, 0) is 16.3 Å². The minimum atomic E-state index is -2.73. The number of unbranched alkanes of at least 4 members (excludes halogenated alkanes) is 1. The van der Waals surface area contributed by atoms with Crippen LogP contribution in [0.15, 0.2) is 0 Å². The van der Waals surface area contributed by atoms with Crippen LogP contribution < -0.4 is 0 Å². The molecule has 0 heterocycles. The van der Waals surface area contributed by atoms with E-state index in [1.54, 1.807) is 0 Å². The molecule has 0 rings (SSSR count). The summed E-state index contributed by atoms with van der Waals surface area (Å²) in [4.78, 5) is 9.06. The van der Waals surface area contributed by atoms with Crippen molar-refractivity contribution in [1.29, 1.82) is 0 Å². The van der Waals surface area contributed by atoms with E-state index in [1.807, 2.05) is 6.92 Å². The van der Waals surface area contributed by atoms with Crippen LogP contribution >= 0.6 is 17.9 Å². The summed E-state index contributed by atoms with van der Waals surface area (Å²) in [6, 6.07) is 0. The molecule has 0 aromatic carbocycles. The summed E-state index contributed by atoms with van der Waals surface area (Å²) in [5.74, 6) is 0. The molecule has 1 N–H and O–H groups in total. The third-order valence-corrected chi connectivity index (χ3v) is 2.46. The van der Waals surface area contributed by atoms with Gasteiger partial charge in [-0.05, 0) is 25.2 Å². The third-order valence-electron chi connectivity index (χ3n) is 1.28. The molecular formula is C6H15O2PS2. The van der Waals surface area contributed by atoms with Crippen LogP contribution in [0.5, 0.6) is 0 Å². The molecule has 0 aliphatic carbocycles. The molecule has 2 atom stereocenters. The highest BCUT2D eigenvalue weighted by atomic mass is 32.9. The lowest BCUT2D eigenvalue weighted by Gasteiger charge is -2.15. The van der Waals surface area contributed by atoms with Crippen molar-refractivity contribution >= 4 is 29.7 Å². The Morgan fingerprint density at radius 2 is 2.27 bits per heavy atom. The van der Waals surface area contributed by atoms with Crippen molar-refractivity contribution in [2.45, 2.75) is 39.2 Å². The number of rotatable bonds is 5. The van der Waals surface area contributed by atoms with Crippen molar-refractivity contribution in [1.82, 2.24) is 0 Å². The Morgan fingerprint density at radius 3 is 2.64 bits per heavy atom. The van der Waals surface area contributed by atoms with Gasteiger partial charge in [0.2, 0.25) is 5.69 Å². The lowest BCUT2D eigenvalue weighted by Crippen LogP contribution is -2.03. The summed E-state index contributed by atoms with van der Waals surface area (Å²) in [5.41, 5.74) is -2.73. The van der Waals surface area contributed by atoms with Gasteiger partial charge in [0.05, 0.1) is 6.10 Å². The van der Waals surface area contributed by atoms with E-state index in [0.717, 1.165) is 19.3 Å². The second-order valence-electron chi connectivity index (χ2n) is 2.55. The maximum Gasteiger partial charge on any atom is 0.241 e. The van der Waals surface area contributed by atoms with Gasteiger partial charge in [-0.2, -0.15) is 0 Å². The first-order valence-corrected chi connectivity index (χ1v) is 7.52. The van der Waals surface area contributed by atoms with E-state index >= 15 is 0 Å². The smallest absolute Gasteiger partial charge is 0.241 e. The van der Waals surface area contributed by atoms with Gasteiger partial charge in [-0.25, -0.2) is 0 Å². The molecule has 0 spiro atoms. The van der Waals surface area contributed by atoms with Gasteiger partial charge in [0, 0.05) is 0 Å². The van der Waals surface area contributed by atoms with E-state index in [-0.39, 0.29) is 6.10 Å². The maximum atomic E-state index is 9.06. The van der Waals surface area contributed by atoms with Crippen molar-refractivity contribution < 1.29 is 9.42 Å². The zero-order valence-electron chi connectivity index (χ0n) is 6.86. The van der Waals surface area contributed by atoms with Gasteiger partial charge >= 0.3 is 0 Å². The third kappa shape index (κ3) is 8.83. The molecule has 0 amide bonds. The van der Waals surface area contributed by atoms with Crippen LogP contribution in [0.25, 0.3) is 0 Å². The van der Waals surface area contributed by atoms with E-state index in [0.29, 0.717) is 0 Å². The Kier molecular flexibility index (Phi) is 6.01. The van der Waals surface area contributed by atoms with Gasteiger partial charge in [-0.3, -0.25) is 0 Å². The average Bonchev–Trinajstić information content (AvgIpc) is 1.79. The minimum absolute atomic E-state index is 0.0308. The lowest BCUT2D eigenvalue weighted by atomic mass is 10.2. The molecular weight excluding hydrogens is 199 g/mol. The normalized spacial score (nSPS) is 19.3. The SMILES string of the molecule is CCCCC(C)OP(O)(=S)S.